The van der Waals surface area contributed by atoms with E-state index in [0.717, 1.165) is 3.57 Å². The van der Waals surface area contributed by atoms with Crippen molar-refractivity contribution in [1.82, 2.24) is 0 Å². The Morgan fingerprint density at radius 3 is 2.71 bits per heavy atom. The molecule has 0 aliphatic carbocycles. The van der Waals surface area contributed by atoms with Gasteiger partial charge in [0.15, 0.2) is 0 Å². The summed E-state index contributed by atoms with van der Waals surface area (Å²) in [5.74, 6) is 0.135. The highest BCUT2D eigenvalue weighted by Gasteiger charge is 2.11. The molecule has 0 saturated heterocycles. The van der Waals surface area contributed by atoms with E-state index in [1.165, 1.54) is 7.11 Å². The third-order valence-corrected chi connectivity index (χ3v) is 4.33. The zero-order chi connectivity index (χ0) is 15.4. The number of nitrogens with one attached hydrogen (secondary N) is 1. The fraction of sp³-hybridized carbons (Fsp3) is 0.0667. The van der Waals surface area contributed by atoms with Crippen LogP contribution in [0.15, 0.2) is 36.4 Å². The lowest BCUT2D eigenvalue weighted by atomic mass is 10.1. The summed E-state index contributed by atoms with van der Waals surface area (Å²) in [6.45, 7) is 0. The lowest BCUT2D eigenvalue weighted by Crippen LogP contribution is -2.12. The van der Waals surface area contributed by atoms with Gasteiger partial charge in [-0.25, -0.2) is 0 Å². The van der Waals surface area contributed by atoms with Crippen LogP contribution in [0, 0.1) is 14.9 Å². The van der Waals surface area contributed by atoms with Gasteiger partial charge in [-0.1, -0.05) is 11.6 Å². The van der Waals surface area contributed by atoms with Gasteiger partial charge in [-0.15, -0.1) is 0 Å². The van der Waals surface area contributed by atoms with Crippen LogP contribution in [-0.2, 0) is 0 Å². The van der Waals surface area contributed by atoms with Crippen LogP contribution in [-0.4, -0.2) is 13.0 Å². The standard InChI is InChI=1S/C15H10ClIN2O2/c1-21-14-6-9(8-18)2-5-13(14)19-15(20)10-3-4-12(17)11(16)7-10/h2-7H,1H3,(H,19,20). The second-order valence-electron chi connectivity index (χ2n) is 4.11. The van der Waals surface area contributed by atoms with E-state index in [1.54, 1.807) is 36.4 Å². The van der Waals surface area contributed by atoms with E-state index >= 15 is 0 Å². The molecule has 0 aliphatic heterocycles. The maximum Gasteiger partial charge on any atom is 0.255 e. The van der Waals surface area contributed by atoms with Crippen molar-refractivity contribution < 1.29 is 9.53 Å². The summed E-state index contributed by atoms with van der Waals surface area (Å²) in [5.41, 5.74) is 1.41. The van der Waals surface area contributed by atoms with Gasteiger partial charge < -0.3 is 10.1 Å². The maximum atomic E-state index is 12.2. The first-order valence-corrected chi connectivity index (χ1v) is 7.35. The Bertz CT molecular complexity index is 741. The third kappa shape index (κ3) is 3.65. The number of rotatable bonds is 3. The molecule has 21 heavy (non-hydrogen) atoms. The third-order valence-electron chi connectivity index (χ3n) is 2.76. The predicted molar refractivity (Wildman–Crippen MR) is 89.8 cm³/mol. The number of carbonyl (C=O) groups excluding carboxylic acids is 1. The van der Waals surface area contributed by atoms with Gasteiger partial charge in [-0.3, -0.25) is 4.79 Å². The Morgan fingerprint density at radius 1 is 1.33 bits per heavy atom. The molecule has 0 radical (unpaired) electrons. The fourth-order valence-electron chi connectivity index (χ4n) is 1.70. The SMILES string of the molecule is COc1cc(C#N)ccc1NC(=O)c1ccc(I)c(Cl)c1. The first-order valence-electron chi connectivity index (χ1n) is 5.89. The van der Waals surface area contributed by atoms with Gasteiger partial charge in [0.05, 0.1) is 29.5 Å². The van der Waals surface area contributed by atoms with Gasteiger partial charge in [0.2, 0.25) is 0 Å². The second-order valence-corrected chi connectivity index (χ2v) is 5.68. The monoisotopic (exact) mass is 412 g/mol. The summed E-state index contributed by atoms with van der Waals surface area (Å²) in [7, 11) is 1.48. The normalized spacial score (nSPS) is 9.81. The largest absolute Gasteiger partial charge is 0.495 e. The lowest BCUT2D eigenvalue weighted by Gasteiger charge is -2.10. The molecule has 4 nitrogen and oxygen atoms in total. The number of nitrogens with zero attached hydrogens (tertiary/aromatic N) is 1. The Hall–Kier alpha value is -1.78. The van der Waals surface area contributed by atoms with Crippen molar-refractivity contribution in [3.63, 3.8) is 0 Å². The van der Waals surface area contributed by atoms with E-state index in [9.17, 15) is 4.79 Å². The van der Waals surface area contributed by atoms with Crippen LogP contribution in [0.25, 0.3) is 0 Å². The molecule has 2 rings (SSSR count). The molecular formula is C15H10ClIN2O2. The van der Waals surface area contributed by atoms with E-state index in [4.69, 9.17) is 21.6 Å². The molecule has 2 aromatic rings. The van der Waals surface area contributed by atoms with Crippen molar-refractivity contribution in [3.8, 4) is 11.8 Å². The van der Waals surface area contributed by atoms with Crippen LogP contribution in [0.4, 0.5) is 5.69 Å². The highest BCUT2D eigenvalue weighted by Crippen LogP contribution is 2.26. The van der Waals surface area contributed by atoms with Crippen LogP contribution in [0.2, 0.25) is 5.02 Å². The molecule has 0 bridgehead atoms. The van der Waals surface area contributed by atoms with Crippen molar-refractivity contribution in [2.75, 3.05) is 12.4 Å². The zero-order valence-corrected chi connectivity index (χ0v) is 13.9. The van der Waals surface area contributed by atoms with Crippen LogP contribution in [0.5, 0.6) is 5.75 Å². The number of halogens is 2. The Balaban J connectivity index is 2.27. The number of methoxy groups -OCH3 is 1. The van der Waals surface area contributed by atoms with Gasteiger partial charge in [0.25, 0.3) is 5.91 Å². The molecule has 0 atom stereocenters. The lowest BCUT2D eigenvalue weighted by molar-refractivity contribution is 0.102. The topological polar surface area (TPSA) is 62.1 Å². The number of nitriles is 1. The number of carbonyl (C=O) groups is 1. The minimum Gasteiger partial charge on any atom is -0.495 e. The van der Waals surface area contributed by atoms with E-state index in [-0.39, 0.29) is 5.91 Å². The second kappa shape index (κ2) is 6.78. The molecule has 0 aliphatic rings. The Morgan fingerprint density at radius 2 is 2.10 bits per heavy atom. The molecule has 1 amide bonds. The minimum absolute atomic E-state index is 0.295. The Labute approximate surface area is 140 Å². The number of hydrogen-bond acceptors (Lipinski definition) is 3. The van der Waals surface area contributed by atoms with Crippen molar-refractivity contribution in [1.29, 1.82) is 5.26 Å². The molecule has 0 unspecified atom stereocenters. The fourth-order valence-corrected chi connectivity index (χ4v) is 2.21. The summed E-state index contributed by atoms with van der Waals surface area (Å²) in [4.78, 5) is 12.2. The van der Waals surface area contributed by atoms with Gasteiger partial charge in [-0.2, -0.15) is 5.26 Å². The number of amides is 1. The van der Waals surface area contributed by atoms with Crippen LogP contribution < -0.4 is 10.1 Å². The predicted octanol–water partition coefficient (Wildman–Crippen LogP) is 4.08. The molecule has 6 heteroatoms. The van der Waals surface area contributed by atoms with Crippen molar-refractivity contribution in [2.24, 2.45) is 0 Å². The molecule has 0 saturated carbocycles. The molecule has 0 heterocycles. The van der Waals surface area contributed by atoms with Crippen molar-refractivity contribution in [2.45, 2.75) is 0 Å². The summed E-state index contributed by atoms with van der Waals surface area (Å²) in [5, 5.41) is 12.1. The molecule has 0 aromatic heterocycles. The summed E-state index contributed by atoms with van der Waals surface area (Å²) >= 11 is 8.10. The van der Waals surface area contributed by atoms with Gasteiger partial charge in [0, 0.05) is 15.2 Å². The number of ether oxygens (including phenoxy) is 1. The smallest absolute Gasteiger partial charge is 0.255 e. The van der Waals surface area contributed by atoms with Gasteiger partial charge in [0.1, 0.15) is 5.75 Å². The van der Waals surface area contributed by atoms with Crippen LogP contribution in [0.3, 0.4) is 0 Å². The van der Waals surface area contributed by atoms with Gasteiger partial charge >= 0.3 is 0 Å². The summed E-state index contributed by atoms with van der Waals surface area (Å²) in [6, 6.07) is 11.9. The highest BCUT2D eigenvalue weighted by atomic mass is 127. The summed E-state index contributed by atoms with van der Waals surface area (Å²) in [6.07, 6.45) is 0. The molecule has 2 aromatic carbocycles. The first-order chi connectivity index (χ1) is 10.0. The van der Waals surface area contributed by atoms with Crippen molar-refractivity contribution in [3.05, 3.63) is 56.1 Å². The molecule has 106 valence electrons. The van der Waals surface area contributed by atoms with Crippen molar-refractivity contribution >= 4 is 45.8 Å². The van der Waals surface area contributed by atoms with E-state index in [0.29, 0.717) is 27.6 Å². The average Bonchev–Trinajstić information content (AvgIpc) is 2.50. The maximum absolute atomic E-state index is 12.2. The quantitative estimate of drug-likeness (QED) is 0.773. The molecule has 0 spiro atoms. The minimum atomic E-state index is -0.295. The number of benzene rings is 2. The summed E-state index contributed by atoms with van der Waals surface area (Å²) < 4.78 is 6.05. The zero-order valence-electron chi connectivity index (χ0n) is 11.0. The Kier molecular flexibility index (Phi) is 5.04. The molecule has 1 N–H and O–H groups in total. The number of anilines is 1. The van der Waals surface area contributed by atoms with Crippen LogP contribution >= 0.6 is 34.2 Å². The van der Waals surface area contributed by atoms with Gasteiger partial charge in [-0.05, 0) is 52.9 Å². The van der Waals surface area contributed by atoms with E-state index < -0.39 is 0 Å². The first kappa shape index (κ1) is 15.6. The molecular weight excluding hydrogens is 403 g/mol. The van der Waals surface area contributed by atoms with E-state index in [2.05, 4.69) is 27.9 Å². The highest BCUT2D eigenvalue weighted by molar-refractivity contribution is 14.1. The van der Waals surface area contributed by atoms with E-state index in [1.807, 2.05) is 6.07 Å². The van der Waals surface area contributed by atoms with Crippen LogP contribution in [0.1, 0.15) is 15.9 Å². The number of hydrogen-bond donors (Lipinski definition) is 1. The molecule has 0 fully saturated rings. The average molecular weight is 413 g/mol.